The van der Waals surface area contributed by atoms with E-state index in [4.69, 9.17) is 0 Å². The lowest BCUT2D eigenvalue weighted by Gasteiger charge is -2.13. The quantitative estimate of drug-likeness (QED) is 0.440. The second kappa shape index (κ2) is 10.4. The van der Waals surface area contributed by atoms with E-state index < -0.39 is 10.0 Å². The minimum Gasteiger partial charge on any atom is -0.357 e. The van der Waals surface area contributed by atoms with Crippen molar-refractivity contribution in [2.24, 2.45) is 4.99 Å². The molecule has 1 aromatic carbocycles. The van der Waals surface area contributed by atoms with Crippen LogP contribution in [0.2, 0.25) is 0 Å². The van der Waals surface area contributed by atoms with Gasteiger partial charge >= 0.3 is 0 Å². The van der Waals surface area contributed by atoms with Crippen molar-refractivity contribution in [2.75, 3.05) is 6.54 Å². The van der Waals surface area contributed by atoms with Gasteiger partial charge in [0, 0.05) is 17.5 Å². The largest absolute Gasteiger partial charge is 0.357 e. The van der Waals surface area contributed by atoms with Gasteiger partial charge in [-0.25, -0.2) is 18.1 Å². The Labute approximate surface area is 166 Å². The number of sulfonamides is 1. The number of aliphatic imine (C=N–C) groups is 1. The number of nitrogens with one attached hydrogen (secondary N) is 3. The minimum absolute atomic E-state index is 0.0456. The van der Waals surface area contributed by atoms with Crippen LogP contribution >= 0.6 is 11.3 Å². The molecule has 0 aliphatic heterocycles. The Morgan fingerprint density at radius 1 is 1.11 bits per heavy atom. The number of hydrogen-bond donors (Lipinski definition) is 3. The average molecular weight is 409 g/mol. The summed E-state index contributed by atoms with van der Waals surface area (Å²) in [6.07, 6.45) is 0. The van der Waals surface area contributed by atoms with E-state index in [1.54, 1.807) is 11.3 Å². The standard InChI is InChI=1S/C19H28N4O2S2/c1-4-20-19(22-13-18-10-7-11-26-18)21-12-16-8-5-6-9-17(16)14-27(24,25)23-15(2)3/h5-11,15,23H,4,12-14H2,1-3H3,(H2,20,21,22). The van der Waals surface area contributed by atoms with Crippen molar-refractivity contribution in [2.45, 2.75) is 45.7 Å². The number of nitrogens with zero attached hydrogens (tertiary/aromatic N) is 1. The zero-order valence-electron chi connectivity index (χ0n) is 16.0. The molecule has 3 N–H and O–H groups in total. The molecule has 0 atom stereocenters. The molecular formula is C19H28N4O2S2. The zero-order valence-corrected chi connectivity index (χ0v) is 17.7. The van der Waals surface area contributed by atoms with E-state index in [0.29, 0.717) is 19.0 Å². The second-order valence-electron chi connectivity index (χ2n) is 6.43. The van der Waals surface area contributed by atoms with Gasteiger partial charge in [-0.3, -0.25) is 0 Å². The van der Waals surface area contributed by atoms with Crippen LogP contribution in [0, 0.1) is 0 Å². The predicted octanol–water partition coefficient (Wildman–Crippen LogP) is 2.83. The molecule has 0 unspecified atom stereocenters. The highest BCUT2D eigenvalue weighted by atomic mass is 32.2. The number of thiophene rings is 1. The van der Waals surface area contributed by atoms with Gasteiger partial charge in [0.15, 0.2) is 5.96 Å². The van der Waals surface area contributed by atoms with Crippen molar-refractivity contribution in [1.29, 1.82) is 0 Å². The lowest BCUT2D eigenvalue weighted by atomic mass is 10.1. The van der Waals surface area contributed by atoms with Crippen molar-refractivity contribution >= 4 is 27.3 Å². The fourth-order valence-corrected chi connectivity index (χ4v) is 4.69. The molecule has 0 fully saturated rings. The molecule has 8 heteroatoms. The summed E-state index contributed by atoms with van der Waals surface area (Å²) in [5.41, 5.74) is 1.67. The Balaban J connectivity index is 2.09. The minimum atomic E-state index is -3.37. The summed E-state index contributed by atoms with van der Waals surface area (Å²) in [5.74, 6) is 0.666. The molecule has 148 valence electrons. The van der Waals surface area contributed by atoms with Crippen LogP contribution in [-0.4, -0.2) is 27.0 Å². The van der Waals surface area contributed by atoms with E-state index >= 15 is 0 Å². The molecule has 0 aliphatic carbocycles. The lowest BCUT2D eigenvalue weighted by Crippen LogP contribution is -2.36. The zero-order chi connectivity index (χ0) is 19.7. The van der Waals surface area contributed by atoms with Gasteiger partial charge in [-0.05, 0) is 43.3 Å². The average Bonchev–Trinajstić information content (AvgIpc) is 3.10. The predicted molar refractivity (Wildman–Crippen MR) is 113 cm³/mol. The van der Waals surface area contributed by atoms with Gasteiger partial charge in [-0.15, -0.1) is 11.3 Å². The van der Waals surface area contributed by atoms with Crippen LogP contribution in [0.4, 0.5) is 0 Å². The van der Waals surface area contributed by atoms with Crippen molar-refractivity contribution in [1.82, 2.24) is 15.4 Å². The molecule has 0 saturated heterocycles. The van der Waals surface area contributed by atoms with Crippen LogP contribution in [0.25, 0.3) is 0 Å². The smallest absolute Gasteiger partial charge is 0.216 e. The normalized spacial score (nSPS) is 12.4. The molecule has 0 bridgehead atoms. The first-order valence-electron chi connectivity index (χ1n) is 9.01. The highest BCUT2D eigenvalue weighted by molar-refractivity contribution is 7.88. The maximum absolute atomic E-state index is 12.3. The van der Waals surface area contributed by atoms with Gasteiger partial charge in [-0.2, -0.15) is 0 Å². The van der Waals surface area contributed by atoms with Crippen molar-refractivity contribution in [3.8, 4) is 0 Å². The van der Waals surface area contributed by atoms with Gasteiger partial charge in [-0.1, -0.05) is 30.3 Å². The number of benzene rings is 1. The van der Waals surface area contributed by atoms with Crippen LogP contribution in [0.15, 0.2) is 46.8 Å². The van der Waals surface area contributed by atoms with Crippen LogP contribution in [0.1, 0.15) is 36.8 Å². The van der Waals surface area contributed by atoms with E-state index in [-0.39, 0.29) is 11.8 Å². The Morgan fingerprint density at radius 3 is 2.48 bits per heavy atom. The third-order valence-corrected chi connectivity index (χ3v) is 6.04. The molecule has 0 spiro atoms. The Bertz CT molecular complexity index is 831. The maximum Gasteiger partial charge on any atom is 0.216 e. The summed E-state index contributed by atoms with van der Waals surface area (Å²) in [5, 5.41) is 8.57. The van der Waals surface area contributed by atoms with E-state index in [2.05, 4.69) is 26.4 Å². The van der Waals surface area contributed by atoms with Gasteiger partial charge in [0.25, 0.3) is 0 Å². The fraction of sp³-hybridized carbons (Fsp3) is 0.421. The number of guanidine groups is 1. The topological polar surface area (TPSA) is 82.6 Å². The Kier molecular flexibility index (Phi) is 8.27. The third-order valence-electron chi connectivity index (χ3n) is 3.64. The van der Waals surface area contributed by atoms with Crippen molar-refractivity contribution < 1.29 is 8.42 Å². The molecule has 0 radical (unpaired) electrons. The molecular weight excluding hydrogens is 380 g/mol. The first-order valence-corrected chi connectivity index (χ1v) is 11.5. The Morgan fingerprint density at radius 2 is 1.85 bits per heavy atom. The third kappa shape index (κ3) is 7.70. The highest BCUT2D eigenvalue weighted by Crippen LogP contribution is 2.14. The first kappa shape index (κ1) is 21.4. The second-order valence-corrected chi connectivity index (χ2v) is 9.21. The summed E-state index contributed by atoms with van der Waals surface area (Å²) < 4.78 is 27.2. The van der Waals surface area contributed by atoms with Gasteiger partial charge < -0.3 is 10.6 Å². The SMILES string of the molecule is CCNC(=NCc1ccccc1CS(=O)(=O)NC(C)C)NCc1cccs1. The van der Waals surface area contributed by atoms with Gasteiger partial charge in [0.1, 0.15) is 0 Å². The van der Waals surface area contributed by atoms with Crippen LogP contribution < -0.4 is 15.4 Å². The number of rotatable bonds is 9. The molecule has 0 aliphatic rings. The summed E-state index contributed by atoms with van der Waals surface area (Å²) in [6, 6.07) is 11.5. The van der Waals surface area contributed by atoms with Gasteiger partial charge in [0.05, 0.1) is 18.8 Å². The van der Waals surface area contributed by atoms with Crippen LogP contribution in [-0.2, 0) is 28.9 Å². The molecule has 27 heavy (non-hydrogen) atoms. The molecule has 2 aromatic rings. The molecule has 6 nitrogen and oxygen atoms in total. The monoisotopic (exact) mass is 408 g/mol. The van der Waals surface area contributed by atoms with Crippen molar-refractivity contribution in [3.05, 3.63) is 57.8 Å². The first-order chi connectivity index (χ1) is 12.9. The number of hydrogen-bond acceptors (Lipinski definition) is 4. The summed E-state index contributed by atoms with van der Waals surface area (Å²) >= 11 is 1.69. The fourth-order valence-electron chi connectivity index (χ4n) is 2.55. The van der Waals surface area contributed by atoms with E-state index in [1.807, 2.05) is 56.5 Å². The molecule has 0 amide bonds. The lowest BCUT2D eigenvalue weighted by molar-refractivity contribution is 0.569. The van der Waals surface area contributed by atoms with Crippen molar-refractivity contribution in [3.63, 3.8) is 0 Å². The Hall–Kier alpha value is -1.90. The van der Waals surface area contributed by atoms with Crippen LogP contribution in [0.5, 0.6) is 0 Å². The molecule has 1 heterocycles. The van der Waals surface area contributed by atoms with E-state index in [9.17, 15) is 8.42 Å². The van der Waals surface area contributed by atoms with Crippen LogP contribution in [0.3, 0.4) is 0 Å². The summed E-state index contributed by atoms with van der Waals surface area (Å²) in [7, 11) is -3.37. The maximum atomic E-state index is 12.3. The molecule has 2 rings (SSSR count). The van der Waals surface area contributed by atoms with E-state index in [1.165, 1.54) is 4.88 Å². The van der Waals surface area contributed by atoms with E-state index in [0.717, 1.165) is 17.7 Å². The molecule has 1 aromatic heterocycles. The molecule has 0 saturated carbocycles. The summed E-state index contributed by atoms with van der Waals surface area (Å²) in [6.45, 7) is 7.52. The highest BCUT2D eigenvalue weighted by Gasteiger charge is 2.15. The van der Waals surface area contributed by atoms with Gasteiger partial charge in [0.2, 0.25) is 10.0 Å². The summed E-state index contributed by atoms with van der Waals surface area (Å²) in [4.78, 5) is 5.85.